The van der Waals surface area contributed by atoms with Gasteiger partial charge in [-0.1, -0.05) is 6.58 Å². The third-order valence-electron chi connectivity index (χ3n) is 7.08. The quantitative estimate of drug-likeness (QED) is 0.131. The number of hydrogen-bond acceptors (Lipinski definition) is 12. The largest absolute Gasteiger partial charge is 0.480 e. The average molecular weight is 670 g/mol. The van der Waals surface area contributed by atoms with Crippen molar-refractivity contribution < 1.29 is 62.3 Å². The number of aliphatic hydroxyl groups is 3. The van der Waals surface area contributed by atoms with Crippen LogP contribution in [0.3, 0.4) is 0 Å². The van der Waals surface area contributed by atoms with E-state index >= 15 is 4.39 Å². The summed E-state index contributed by atoms with van der Waals surface area (Å²) in [4.78, 5) is 57.2. The zero-order chi connectivity index (χ0) is 34.1. The second-order valence-corrected chi connectivity index (χ2v) is 12.2. The summed E-state index contributed by atoms with van der Waals surface area (Å²) < 4.78 is 57.3. The van der Waals surface area contributed by atoms with Crippen LogP contribution in [0.5, 0.6) is 0 Å². The van der Waals surface area contributed by atoms with E-state index in [0.717, 1.165) is 48.6 Å². The Kier molecular flexibility index (Phi) is 10.9. The molecule has 21 heteroatoms. The van der Waals surface area contributed by atoms with Crippen molar-refractivity contribution in [2.45, 2.75) is 75.0 Å². The van der Waals surface area contributed by atoms with E-state index in [4.69, 9.17) is 24.2 Å². The van der Waals surface area contributed by atoms with Crippen LogP contribution in [0.15, 0.2) is 46.5 Å². The summed E-state index contributed by atoms with van der Waals surface area (Å²) in [5.74, 6) is -1.82. The number of halogens is 2. The van der Waals surface area contributed by atoms with Crippen molar-refractivity contribution in [2.75, 3.05) is 13.2 Å². The second-order valence-electron chi connectivity index (χ2n) is 10.6. The summed E-state index contributed by atoms with van der Waals surface area (Å²) in [7, 11) is -4.54. The van der Waals surface area contributed by atoms with Crippen molar-refractivity contribution in [3.8, 4) is 0 Å². The molecule has 18 nitrogen and oxygen atoms in total. The zero-order valence-electron chi connectivity index (χ0n) is 24.1. The maximum Gasteiger partial charge on any atom is 0.403 e. The summed E-state index contributed by atoms with van der Waals surface area (Å²) in [6.45, 7) is 5.56. The van der Waals surface area contributed by atoms with Crippen LogP contribution in [-0.2, 0) is 28.2 Å². The van der Waals surface area contributed by atoms with Crippen LogP contribution >= 0.6 is 7.75 Å². The topological polar surface area (TPSA) is 262 Å². The first-order valence-corrected chi connectivity index (χ1v) is 14.7. The minimum Gasteiger partial charge on any atom is -0.480 e. The molecule has 10 atom stereocenters. The molecular formula is C24H34F2N5O13P. The first-order chi connectivity index (χ1) is 20.7. The van der Waals surface area contributed by atoms with Crippen LogP contribution in [0.25, 0.3) is 0 Å². The molecule has 252 valence electrons. The number of nitrogens with one attached hydrogen (secondary N) is 3. The molecule has 2 saturated heterocycles. The lowest BCUT2D eigenvalue weighted by Gasteiger charge is -2.35. The van der Waals surface area contributed by atoms with Crippen LogP contribution in [0.4, 0.5) is 8.78 Å². The van der Waals surface area contributed by atoms with E-state index in [1.807, 2.05) is 10.1 Å². The summed E-state index contributed by atoms with van der Waals surface area (Å²) in [6.07, 6.45) is -5.14. The van der Waals surface area contributed by atoms with Gasteiger partial charge in [-0.2, -0.15) is 0 Å². The molecule has 2 fully saturated rings. The maximum absolute atomic E-state index is 15.0. The third kappa shape index (κ3) is 7.91. The van der Waals surface area contributed by atoms with E-state index < -0.39 is 98.3 Å². The lowest BCUT2D eigenvalue weighted by Crippen LogP contribution is -2.51. The Morgan fingerprint density at radius 1 is 1.18 bits per heavy atom. The number of carboxylic acids is 1. The van der Waals surface area contributed by atoms with Crippen LogP contribution in [0.1, 0.15) is 27.0 Å². The van der Waals surface area contributed by atoms with Gasteiger partial charge in [-0.15, -0.1) is 0 Å². The van der Waals surface area contributed by atoms with E-state index in [1.54, 1.807) is 0 Å². The summed E-state index contributed by atoms with van der Waals surface area (Å²) in [6, 6.07) is -0.334. The van der Waals surface area contributed by atoms with Gasteiger partial charge in [0, 0.05) is 24.5 Å². The number of aromatic amines is 1. The number of carboxylic acid groups (broad SMARTS) is 1. The molecule has 1 aromatic rings. The summed E-state index contributed by atoms with van der Waals surface area (Å²) in [5, 5.41) is 41.8. The second kappa shape index (κ2) is 13.6. The van der Waals surface area contributed by atoms with Crippen molar-refractivity contribution in [1.29, 1.82) is 0 Å². The number of ether oxygens (including phenoxy) is 2. The predicted octanol–water partition coefficient (Wildman–Crippen LogP) is -2.09. The molecule has 8 N–H and O–H groups in total. The van der Waals surface area contributed by atoms with Crippen molar-refractivity contribution >= 4 is 19.6 Å². The molecule has 3 aliphatic heterocycles. The smallest absolute Gasteiger partial charge is 0.403 e. The Morgan fingerprint density at radius 2 is 1.76 bits per heavy atom. The van der Waals surface area contributed by atoms with Crippen molar-refractivity contribution in [3.63, 3.8) is 0 Å². The molecule has 0 aliphatic carbocycles. The molecule has 4 rings (SSSR count). The van der Waals surface area contributed by atoms with Gasteiger partial charge in [-0.05, 0) is 20.8 Å². The van der Waals surface area contributed by atoms with Gasteiger partial charge in [0.05, 0.1) is 13.2 Å². The molecule has 4 heterocycles. The van der Waals surface area contributed by atoms with Crippen molar-refractivity contribution in [2.24, 2.45) is 0 Å². The fraction of sp³-hybridized carbons (Fsp3) is 0.583. The minimum atomic E-state index is -4.54. The lowest BCUT2D eigenvalue weighted by atomic mass is 9.98. The fourth-order valence-corrected chi connectivity index (χ4v) is 5.57. The number of carbonyl (C=O) groups excluding carboxylic acids is 1. The van der Waals surface area contributed by atoms with Gasteiger partial charge in [0.1, 0.15) is 36.3 Å². The number of nitrogens with zero attached hydrogens (tertiary/aromatic N) is 2. The molecule has 0 radical (unpaired) electrons. The summed E-state index contributed by atoms with van der Waals surface area (Å²) in [5.41, 5.74) is -6.06. The zero-order valence-corrected chi connectivity index (χ0v) is 25.0. The average Bonchev–Trinajstić information content (AvgIpc) is 3.30. The Hall–Kier alpha value is -3.33. The highest BCUT2D eigenvalue weighted by molar-refractivity contribution is 7.50. The molecule has 0 aromatic carbocycles. The number of aromatic nitrogens is 2. The van der Waals surface area contributed by atoms with Gasteiger partial charge in [0.25, 0.3) is 11.5 Å². The van der Waals surface area contributed by atoms with Gasteiger partial charge >= 0.3 is 19.4 Å². The van der Waals surface area contributed by atoms with E-state index in [9.17, 15) is 43.2 Å². The molecular weight excluding hydrogens is 635 g/mol. The number of amides is 1. The highest BCUT2D eigenvalue weighted by Gasteiger charge is 2.57. The maximum atomic E-state index is 15.0. The highest BCUT2D eigenvalue weighted by atomic mass is 31.2. The number of carbonyl (C=O) groups is 2. The Labute approximate surface area is 253 Å². The van der Waals surface area contributed by atoms with E-state index in [0.29, 0.717) is 0 Å². The number of alkyl halides is 2. The number of aliphatic hydroxyl groups excluding tert-OH is 3. The van der Waals surface area contributed by atoms with E-state index in [-0.39, 0.29) is 5.82 Å². The monoisotopic (exact) mass is 669 g/mol. The molecule has 0 bridgehead atoms. The van der Waals surface area contributed by atoms with Gasteiger partial charge in [-0.25, -0.2) is 23.2 Å². The Bertz CT molecular complexity index is 1480. The SMILES string of the molecule is C=C1NC(=O)C=CN1[C@@H]1O[C@H](COP(=O)(O)N[C@@H](C)C(=O)O)[C@@H](O)[C@@]1(C)F.C[C@@]1(F)[C@H](O)[C@@H](CO)O[C@H]1n1ccc(=O)[nH]c1=O. The van der Waals surface area contributed by atoms with Crippen LogP contribution in [0.2, 0.25) is 0 Å². The van der Waals surface area contributed by atoms with Crippen LogP contribution < -0.4 is 21.7 Å². The molecule has 3 aliphatic rings. The first kappa shape index (κ1) is 36.1. The van der Waals surface area contributed by atoms with Crippen molar-refractivity contribution in [1.82, 2.24) is 24.9 Å². The fourth-order valence-electron chi connectivity index (χ4n) is 4.54. The van der Waals surface area contributed by atoms with E-state index in [1.165, 1.54) is 6.20 Å². The molecule has 45 heavy (non-hydrogen) atoms. The van der Waals surface area contributed by atoms with Gasteiger partial charge in [0.2, 0.25) is 0 Å². The number of H-pyrrole nitrogens is 1. The molecule has 1 unspecified atom stereocenters. The number of hydrogen-bond donors (Lipinski definition) is 8. The van der Waals surface area contributed by atoms with Gasteiger partial charge in [0.15, 0.2) is 23.8 Å². The molecule has 0 spiro atoms. The Balaban J connectivity index is 0.000000265. The number of aliphatic carboxylic acids is 1. The normalized spacial score (nSPS) is 34.9. The molecule has 1 aromatic heterocycles. The Morgan fingerprint density at radius 3 is 2.29 bits per heavy atom. The van der Waals surface area contributed by atoms with Crippen LogP contribution in [-0.4, -0.2) is 113 Å². The lowest BCUT2D eigenvalue weighted by molar-refractivity contribution is -0.138. The van der Waals surface area contributed by atoms with Gasteiger partial charge in [-0.3, -0.25) is 28.5 Å². The molecule has 1 amide bonds. The third-order valence-corrected chi connectivity index (χ3v) is 8.29. The van der Waals surface area contributed by atoms with Crippen LogP contribution in [0, 0.1) is 0 Å². The van der Waals surface area contributed by atoms with Gasteiger partial charge < -0.3 is 45.0 Å². The minimum absolute atomic E-state index is 0.0231. The highest BCUT2D eigenvalue weighted by Crippen LogP contribution is 2.43. The summed E-state index contributed by atoms with van der Waals surface area (Å²) >= 11 is 0. The number of rotatable bonds is 9. The van der Waals surface area contributed by atoms with Crippen molar-refractivity contribution in [3.05, 3.63) is 57.8 Å². The first-order valence-electron chi connectivity index (χ1n) is 13.1. The van der Waals surface area contributed by atoms with E-state index in [2.05, 4.69) is 11.9 Å². The predicted molar refractivity (Wildman–Crippen MR) is 146 cm³/mol. The standard InChI is InChI=1S/C14H21FN3O8P.C10H13FN2O5/c1-7(12(21)22)17-27(23,24)25-6-9-11(20)14(3,15)13(26-9)18-5-4-10(19)16-8(18)2;1-10(11)7(16)5(4-14)18-8(10)13-3-2-6(15)12-9(13)17/h4-5,7,9,11,13,20H,2,6H2,1,3H3,(H,16,19)(H,21,22)(H2,17,23,24);2-3,5,7-8,14,16H,4H2,1H3,(H,12,15,17)/t7-,9+,11+,13+,14+;5-,7-,8-,10-/m01/s1. The molecule has 0 saturated carbocycles.